The standard InChI is InChI=1S/C25H22F4N6O3S/c1-37-21(17-12-16(6-7-18(17)26)38-25(27,28)29)23(36)31-24-35-33-20(39-24)10-13-2-4-14(5-3-13)19-11-15-8-9-30-22(15)34-32-19/h4,6-9,11-13,21H,2-3,5,10H2,1H3,(H,30,34)(H,31,35,36)/t13-,21+/m1/s1. The van der Waals surface area contributed by atoms with Crippen LogP contribution >= 0.6 is 11.3 Å². The Labute approximate surface area is 223 Å². The van der Waals surface area contributed by atoms with Gasteiger partial charge in [0.15, 0.2) is 11.8 Å². The number of aromatic amines is 1. The summed E-state index contributed by atoms with van der Waals surface area (Å²) in [5.74, 6) is -2.08. The van der Waals surface area contributed by atoms with E-state index >= 15 is 0 Å². The van der Waals surface area contributed by atoms with Crippen molar-refractivity contribution in [2.24, 2.45) is 5.92 Å². The van der Waals surface area contributed by atoms with Crippen LogP contribution < -0.4 is 10.1 Å². The lowest BCUT2D eigenvalue weighted by Gasteiger charge is -2.20. The van der Waals surface area contributed by atoms with Gasteiger partial charge in [0, 0.05) is 30.7 Å². The number of hydrogen-bond donors (Lipinski definition) is 2. The van der Waals surface area contributed by atoms with Crippen molar-refractivity contribution < 1.29 is 31.8 Å². The number of amides is 1. The summed E-state index contributed by atoms with van der Waals surface area (Å²) in [6, 6.07) is 6.33. The highest BCUT2D eigenvalue weighted by atomic mass is 32.1. The lowest BCUT2D eigenvalue weighted by molar-refractivity contribution is -0.274. The number of nitrogens with one attached hydrogen (secondary N) is 2. The van der Waals surface area contributed by atoms with Gasteiger partial charge in [-0.15, -0.1) is 33.6 Å². The molecule has 2 atom stereocenters. The second-order valence-electron chi connectivity index (χ2n) is 8.92. The predicted molar refractivity (Wildman–Crippen MR) is 134 cm³/mol. The van der Waals surface area contributed by atoms with Crippen LogP contribution in [0, 0.1) is 11.7 Å². The number of alkyl halides is 3. The van der Waals surface area contributed by atoms with Crippen LogP contribution in [0.2, 0.25) is 0 Å². The summed E-state index contributed by atoms with van der Waals surface area (Å²) in [4.78, 5) is 15.8. The number of methoxy groups -OCH3 is 1. The molecule has 0 radical (unpaired) electrons. The molecule has 1 aromatic carbocycles. The molecule has 3 aromatic heterocycles. The van der Waals surface area contributed by atoms with E-state index in [1.165, 1.54) is 11.3 Å². The lowest BCUT2D eigenvalue weighted by atomic mass is 9.86. The third kappa shape index (κ3) is 6.40. The van der Waals surface area contributed by atoms with Crippen LogP contribution in [0.1, 0.15) is 41.6 Å². The van der Waals surface area contributed by atoms with Crippen molar-refractivity contribution in [3.05, 3.63) is 64.7 Å². The van der Waals surface area contributed by atoms with Gasteiger partial charge >= 0.3 is 6.36 Å². The van der Waals surface area contributed by atoms with Crippen LogP contribution in [0.15, 0.2) is 42.6 Å². The number of H-pyrrole nitrogens is 1. The molecule has 204 valence electrons. The number of fused-ring (bicyclic) bond motifs is 1. The van der Waals surface area contributed by atoms with Gasteiger partial charge in [0.1, 0.15) is 16.6 Å². The van der Waals surface area contributed by atoms with Crippen LogP contribution in [-0.4, -0.2) is 44.8 Å². The molecule has 0 unspecified atom stereocenters. The third-order valence-corrected chi connectivity index (χ3v) is 7.13. The zero-order chi connectivity index (χ0) is 27.6. The van der Waals surface area contributed by atoms with Gasteiger partial charge in [0.2, 0.25) is 5.13 Å². The van der Waals surface area contributed by atoms with Gasteiger partial charge in [-0.25, -0.2) is 4.39 Å². The van der Waals surface area contributed by atoms with E-state index in [-0.39, 0.29) is 5.13 Å². The summed E-state index contributed by atoms with van der Waals surface area (Å²) in [5, 5.41) is 21.0. The molecule has 0 aliphatic heterocycles. The van der Waals surface area contributed by atoms with Crippen LogP contribution in [0.4, 0.5) is 22.7 Å². The second-order valence-corrected chi connectivity index (χ2v) is 9.98. The Kier molecular flexibility index (Phi) is 7.57. The van der Waals surface area contributed by atoms with Crippen molar-refractivity contribution in [3.63, 3.8) is 0 Å². The SMILES string of the molecule is CO[C@H](C(=O)Nc1nnc(C[C@@H]2CC=C(c3cc4cc[nH]c4nn3)CC2)s1)c1cc(OC(F)(F)F)ccc1F. The zero-order valence-electron chi connectivity index (χ0n) is 20.5. The number of allylic oxidation sites excluding steroid dienone is 2. The average Bonchev–Trinajstić information content (AvgIpc) is 3.54. The van der Waals surface area contributed by atoms with Crippen molar-refractivity contribution in [2.45, 2.75) is 38.1 Å². The molecule has 4 aromatic rings. The average molecular weight is 563 g/mol. The first-order valence-corrected chi connectivity index (χ1v) is 12.7. The second kappa shape index (κ2) is 11.1. The first-order chi connectivity index (χ1) is 18.7. The molecule has 0 spiro atoms. The fourth-order valence-electron chi connectivity index (χ4n) is 4.42. The van der Waals surface area contributed by atoms with Gasteiger partial charge in [-0.3, -0.25) is 10.1 Å². The Bertz CT molecular complexity index is 1520. The zero-order valence-corrected chi connectivity index (χ0v) is 21.3. The minimum absolute atomic E-state index is 0.169. The lowest BCUT2D eigenvalue weighted by Crippen LogP contribution is -2.24. The Balaban J connectivity index is 1.20. The van der Waals surface area contributed by atoms with Crippen LogP contribution in [-0.2, 0) is 16.0 Å². The number of carbonyl (C=O) groups excluding carboxylic acids is 1. The molecule has 14 heteroatoms. The smallest absolute Gasteiger partial charge is 0.406 e. The first-order valence-electron chi connectivity index (χ1n) is 11.9. The molecule has 5 rings (SSSR count). The number of ether oxygens (including phenoxy) is 2. The summed E-state index contributed by atoms with van der Waals surface area (Å²) in [6.45, 7) is 0. The summed E-state index contributed by atoms with van der Waals surface area (Å²) < 4.78 is 60.9. The third-order valence-electron chi connectivity index (χ3n) is 6.27. The van der Waals surface area contributed by atoms with E-state index in [1.807, 2.05) is 18.3 Å². The maximum Gasteiger partial charge on any atom is 0.573 e. The summed E-state index contributed by atoms with van der Waals surface area (Å²) in [6.07, 6.45) is 0.718. The molecule has 39 heavy (non-hydrogen) atoms. The Morgan fingerprint density at radius 1 is 1.21 bits per heavy atom. The minimum Gasteiger partial charge on any atom is -0.406 e. The Morgan fingerprint density at radius 2 is 2.05 bits per heavy atom. The number of nitrogens with zero attached hydrogens (tertiary/aromatic N) is 4. The van der Waals surface area contributed by atoms with E-state index in [2.05, 4.69) is 41.5 Å². The van der Waals surface area contributed by atoms with Crippen molar-refractivity contribution in [3.8, 4) is 5.75 Å². The molecule has 0 bridgehead atoms. The van der Waals surface area contributed by atoms with Gasteiger partial charge in [-0.05, 0) is 61.1 Å². The van der Waals surface area contributed by atoms with E-state index in [0.717, 1.165) is 66.9 Å². The van der Waals surface area contributed by atoms with Crippen molar-refractivity contribution in [1.29, 1.82) is 0 Å². The number of anilines is 1. The van der Waals surface area contributed by atoms with E-state index in [4.69, 9.17) is 4.74 Å². The Hall–Kier alpha value is -3.91. The highest BCUT2D eigenvalue weighted by Gasteiger charge is 2.32. The minimum atomic E-state index is -4.97. The number of halogens is 4. The van der Waals surface area contributed by atoms with Gasteiger partial charge < -0.3 is 14.5 Å². The molecule has 1 amide bonds. The van der Waals surface area contributed by atoms with Gasteiger partial charge in [-0.2, -0.15) is 0 Å². The highest BCUT2D eigenvalue weighted by Crippen LogP contribution is 2.33. The predicted octanol–water partition coefficient (Wildman–Crippen LogP) is 5.60. The summed E-state index contributed by atoms with van der Waals surface area (Å²) >= 11 is 1.17. The van der Waals surface area contributed by atoms with E-state index in [0.29, 0.717) is 17.3 Å². The molecular weight excluding hydrogens is 540 g/mol. The van der Waals surface area contributed by atoms with Crippen LogP contribution in [0.5, 0.6) is 5.75 Å². The largest absolute Gasteiger partial charge is 0.573 e. The molecule has 0 saturated heterocycles. The molecule has 9 nitrogen and oxygen atoms in total. The summed E-state index contributed by atoms with van der Waals surface area (Å²) in [5.41, 5.74) is 2.35. The van der Waals surface area contributed by atoms with Gasteiger partial charge in [-0.1, -0.05) is 17.4 Å². The van der Waals surface area contributed by atoms with Gasteiger partial charge in [0.05, 0.1) is 5.69 Å². The molecule has 0 fully saturated rings. The summed E-state index contributed by atoms with van der Waals surface area (Å²) in [7, 11) is 1.14. The van der Waals surface area contributed by atoms with Crippen molar-refractivity contribution in [2.75, 3.05) is 12.4 Å². The molecule has 1 aliphatic carbocycles. The number of aromatic nitrogens is 5. The molecule has 0 saturated carbocycles. The van der Waals surface area contributed by atoms with E-state index in [9.17, 15) is 22.4 Å². The maximum atomic E-state index is 14.4. The van der Waals surface area contributed by atoms with E-state index in [1.54, 1.807) is 0 Å². The quantitative estimate of drug-likeness (QED) is 0.269. The molecule has 2 N–H and O–H groups in total. The fraction of sp³-hybridized carbons (Fsp3) is 0.320. The molecule has 1 aliphatic rings. The normalized spacial score (nSPS) is 16.6. The topological polar surface area (TPSA) is 115 Å². The maximum absolute atomic E-state index is 14.4. The highest BCUT2D eigenvalue weighted by molar-refractivity contribution is 7.15. The number of hydrogen-bond acceptors (Lipinski definition) is 8. The number of carbonyl (C=O) groups is 1. The van der Waals surface area contributed by atoms with Crippen molar-refractivity contribution >= 4 is 39.0 Å². The van der Waals surface area contributed by atoms with Crippen molar-refractivity contribution in [1.82, 2.24) is 25.4 Å². The Morgan fingerprint density at radius 3 is 2.79 bits per heavy atom. The van der Waals surface area contributed by atoms with Crippen LogP contribution in [0.3, 0.4) is 0 Å². The van der Waals surface area contributed by atoms with Crippen LogP contribution in [0.25, 0.3) is 16.6 Å². The van der Waals surface area contributed by atoms with E-state index < -0.39 is 35.5 Å². The van der Waals surface area contributed by atoms with Gasteiger partial charge in [0.25, 0.3) is 5.91 Å². The monoisotopic (exact) mass is 562 g/mol. The first kappa shape index (κ1) is 26.7. The molecular formula is C25H22F4N6O3S. The number of benzene rings is 1. The molecule has 3 heterocycles. The number of rotatable bonds is 8. The fourth-order valence-corrected chi connectivity index (χ4v) is 5.28.